The summed E-state index contributed by atoms with van der Waals surface area (Å²) in [6.45, 7) is 3.72. The molecule has 0 aromatic carbocycles. The van der Waals surface area contributed by atoms with E-state index in [0.29, 0.717) is 5.52 Å². The first-order valence-corrected chi connectivity index (χ1v) is 8.09. The summed E-state index contributed by atoms with van der Waals surface area (Å²) in [5.74, 6) is -0.0638. The van der Waals surface area contributed by atoms with E-state index in [2.05, 4.69) is 39.6 Å². The molecule has 22 heavy (non-hydrogen) atoms. The van der Waals surface area contributed by atoms with Gasteiger partial charge < -0.3 is 14.5 Å². The molecule has 0 unspecified atom stereocenters. The molecule has 1 saturated heterocycles. The van der Waals surface area contributed by atoms with Crippen molar-refractivity contribution in [2.75, 3.05) is 6.61 Å². The molecule has 2 aromatic heterocycles. The highest BCUT2D eigenvalue weighted by Crippen LogP contribution is 2.38. The lowest BCUT2D eigenvalue weighted by atomic mass is 10.00. The monoisotopic (exact) mass is 417 g/mol. The molecule has 8 heteroatoms. The highest BCUT2D eigenvalue weighted by atomic mass is 127. The van der Waals surface area contributed by atoms with Crippen LogP contribution in [0.15, 0.2) is 17.2 Å². The number of hydrogen-bond donors (Lipinski definition) is 1. The molecule has 3 rings (SSSR count). The lowest BCUT2D eigenvalue weighted by molar-refractivity contribution is -0.145. The molecule has 0 radical (unpaired) electrons. The molecule has 1 N–H and O–H groups in total. The van der Waals surface area contributed by atoms with Gasteiger partial charge in [-0.25, -0.2) is 4.52 Å². The van der Waals surface area contributed by atoms with Gasteiger partial charge in [-0.1, -0.05) is 6.92 Å². The molecule has 0 bridgehead atoms. The van der Waals surface area contributed by atoms with Gasteiger partial charge in [-0.15, -0.1) is 0 Å². The lowest BCUT2D eigenvalue weighted by Crippen LogP contribution is -2.18. The summed E-state index contributed by atoms with van der Waals surface area (Å²) in [4.78, 5) is 25.4. The van der Waals surface area contributed by atoms with E-state index in [9.17, 15) is 9.59 Å². The second-order valence-electron chi connectivity index (χ2n) is 5.49. The maximum atomic E-state index is 11.9. The van der Waals surface area contributed by atoms with E-state index >= 15 is 0 Å². The summed E-state index contributed by atoms with van der Waals surface area (Å²) >= 11 is 2.12. The zero-order valence-electron chi connectivity index (χ0n) is 12.2. The first-order chi connectivity index (χ1) is 10.5. The van der Waals surface area contributed by atoms with E-state index in [1.54, 1.807) is 4.52 Å². The van der Waals surface area contributed by atoms with Crippen LogP contribution in [0, 0.1) is 9.49 Å². The number of rotatable bonds is 3. The number of aromatic amines is 1. The molecule has 1 aliphatic heterocycles. The second kappa shape index (κ2) is 5.99. The van der Waals surface area contributed by atoms with E-state index < -0.39 is 0 Å². The van der Waals surface area contributed by atoms with Crippen LogP contribution < -0.4 is 5.56 Å². The van der Waals surface area contributed by atoms with Crippen LogP contribution in [0.1, 0.15) is 32.1 Å². The number of carbonyl (C=O) groups excluding carboxylic acids is 1. The smallest absolute Gasteiger partial charge is 0.302 e. The topological polar surface area (TPSA) is 85.7 Å². The minimum absolute atomic E-state index is 0.130. The van der Waals surface area contributed by atoms with Crippen molar-refractivity contribution in [1.82, 2.24) is 14.6 Å². The van der Waals surface area contributed by atoms with Gasteiger partial charge in [0.05, 0.1) is 11.8 Å². The summed E-state index contributed by atoms with van der Waals surface area (Å²) in [6.07, 6.45) is 1.87. The van der Waals surface area contributed by atoms with Gasteiger partial charge in [0.2, 0.25) is 0 Å². The van der Waals surface area contributed by atoms with E-state index in [1.807, 2.05) is 6.07 Å². The minimum atomic E-state index is -0.310. The van der Waals surface area contributed by atoms with E-state index in [0.717, 1.165) is 15.7 Å². The van der Waals surface area contributed by atoms with Crippen LogP contribution in [0.3, 0.4) is 0 Å². The van der Waals surface area contributed by atoms with Gasteiger partial charge in [-0.2, -0.15) is 5.10 Å². The zero-order chi connectivity index (χ0) is 15.9. The Labute approximate surface area is 140 Å². The van der Waals surface area contributed by atoms with Crippen LogP contribution in [0.2, 0.25) is 0 Å². The maximum absolute atomic E-state index is 11.9. The van der Waals surface area contributed by atoms with E-state index in [-0.39, 0.29) is 36.3 Å². The van der Waals surface area contributed by atoms with Gasteiger partial charge in [0.15, 0.2) is 0 Å². The highest BCUT2D eigenvalue weighted by molar-refractivity contribution is 14.1. The van der Waals surface area contributed by atoms with Crippen molar-refractivity contribution in [3.05, 3.63) is 32.0 Å². The largest absolute Gasteiger partial charge is 0.463 e. The van der Waals surface area contributed by atoms with Crippen molar-refractivity contribution in [2.24, 2.45) is 5.92 Å². The number of hydrogen-bond acceptors (Lipinski definition) is 5. The minimum Gasteiger partial charge on any atom is -0.463 e. The first kappa shape index (κ1) is 15.5. The van der Waals surface area contributed by atoms with Crippen molar-refractivity contribution >= 4 is 34.1 Å². The molecule has 3 heterocycles. The summed E-state index contributed by atoms with van der Waals surface area (Å²) in [5.41, 5.74) is 1.20. The maximum Gasteiger partial charge on any atom is 0.302 e. The van der Waals surface area contributed by atoms with Crippen molar-refractivity contribution in [2.45, 2.75) is 32.5 Å². The molecule has 118 valence electrons. The molecule has 0 saturated carbocycles. The normalized spacial score (nSPS) is 24.8. The molecule has 0 amide bonds. The van der Waals surface area contributed by atoms with Crippen molar-refractivity contribution < 1.29 is 14.3 Å². The lowest BCUT2D eigenvalue weighted by Gasteiger charge is -2.15. The fourth-order valence-corrected chi connectivity index (χ4v) is 3.64. The quantitative estimate of drug-likeness (QED) is 0.607. The molecule has 0 aliphatic carbocycles. The summed E-state index contributed by atoms with van der Waals surface area (Å²) < 4.78 is 13.5. The summed E-state index contributed by atoms with van der Waals surface area (Å²) in [5, 5.41) is 4.23. The third-order valence-corrected chi connectivity index (χ3v) is 4.62. The average Bonchev–Trinajstić information content (AvgIpc) is 2.98. The number of halogens is 1. The predicted molar refractivity (Wildman–Crippen MR) is 86.6 cm³/mol. The number of fused-ring (bicyclic) bond motifs is 1. The van der Waals surface area contributed by atoms with Gasteiger partial charge in [0, 0.05) is 10.5 Å². The summed E-state index contributed by atoms with van der Waals surface area (Å²) in [7, 11) is 0. The van der Waals surface area contributed by atoms with Gasteiger partial charge in [0.25, 0.3) is 5.56 Å². The van der Waals surface area contributed by atoms with Crippen molar-refractivity contribution in [1.29, 1.82) is 0 Å². The Bertz CT molecular complexity index is 769. The number of esters is 1. The molecule has 0 spiro atoms. The van der Waals surface area contributed by atoms with E-state index in [4.69, 9.17) is 9.47 Å². The van der Waals surface area contributed by atoms with Crippen LogP contribution in [0.5, 0.6) is 0 Å². The van der Waals surface area contributed by atoms with Crippen LogP contribution in [0.4, 0.5) is 0 Å². The Morgan fingerprint density at radius 3 is 3.14 bits per heavy atom. The number of nitrogens with zero attached hydrogens (tertiary/aromatic N) is 2. The van der Waals surface area contributed by atoms with Gasteiger partial charge in [-0.05, 0) is 41.0 Å². The standard InChI is InChI=1S/C14H16IN3O4/c1-7-3-9(5-21-8(2)19)22-13(7)11-4-10(15)12-14(20)16-6-17-18(11)12/h4,6-7,9,13H,3,5H2,1-2H3,(H,16,17,20)/t7-,9-,13+/m0/s1. The predicted octanol–water partition coefficient (Wildman–Crippen LogP) is 1.66. The van der Waals surface area contributed by atoms with Crippen molar-refractivity contribution in [3.63, 3.8) is 0 Å². The Morgan fingerprint density at radius 2 is 2.41 bits per heavy atom. The molecule has 7 nitrogen and oxygen atoms in total. The second-order valence-corrected chi connectivity index (χ2v) is 6.65. The Balaban J connectivity index is 1.90. The zero-order valence-corrected chi connectivity index (χ0v) is 14.4. The van der Waals surface area contributed by atoms with Gasteiger partial charge >= 0.3 is 5.97 Å². The Kier molecular flexibility index (Phi) is 4.22. The number of ether oxygens (including phenoxy) is 2. The SMILES string of the molecule is CC(=O)OC[C@@H]1C[C@H](C)[C@H](c2cc(I)c3c(=O)[nH]cnn23)O1. The number of aromatic nitrogens is 3. The number of nitrogens with one attached hydrogen (secondary N) is 1. The molecule has 1 aliphatic rings. The van der Waals surface area contributed by atoms with E-state index in [1.165, 1.54) is 13.3 Å². The van der Waals surface area contributed by atoms with Crippen LogP contribution in [-0.2, 0) is 14.3 Å². The first-order valence-electron chi connectivity index (χ1n) is 7.01. The molecular formula is C14H16IN3O4. The number of H-pyrrole nitrogens is 1. The molecular weight excluding hydrogens is 401 g/mol. The van der Waals surface area contributed by atoms with Crippen LogP contribution in [0.25, 0.3) is 5.52 Å². The summed E-state index contributed by atoms with van der Waals surface area (Å²) in [6, 6.07) is 1.92. The third-order valence-electron chi connectivity index (χ3n) is 3.80. The highest BCUT2D eigenvalue weighted by Gasteiger charge is 2.36. The molecule has 3 atom stereocenters. The fraction of sp³-hybridized carbons (Fsp3) is 0.500. The Hall–Kier alpha value is -1.42. The van der Waals surface area contributed by atoms with Crippen LogP contribution in [-0.4, -0.2) is 33.3 Å². The molecule has 2 aromatic rings. The van der Waals surface area contributed by atoms with Crippen LogP contribution >= 0.6 is 22.6 Å². The van der Waals surface area contributed by atoms with Gasteiger partial charge in [-0.3, -0.25) is 9.59 Å². The average molecular weight is 417 g/mol. The number of carbonyl (C=O) groups is 1. The fourth-order valence-electron chi connectivity index (χ4n) is 2.85. The van der Waals surface area contributed by atoms with Gasteiger partial charge in [0.1, 0.15) is 24.6 Å². The molecule has 1 fully saturated rings. The Morgan fingerprint density at radius 1 is 1.64 bits per heavy atom. The van der Waals surface area contributed by atoms with Crippen molar-refractivity contribution in [3.8, 4) is 0 Å². The third kappa shape index (κ3) is 2.76.